The second-order valence-electron chi connectivity index (χ2n) is 7.04. The van der Waals surface area contributed by atoms with Crippen molar-refractivity contribution in [2.45, 2.75) is 24.8 Å². The molecular formula is C25H25NO5S. The maximum atomic E-state index is 13.1. The summed E-state index contributed by atoms with van der Waals surface area (Å²) in [5.41, 5.74) is 1.13. The summed E-state index contributed by atoms with van der Waals surface area (Å²) in [6, 6.07) is 22.9. The molecule has 7 heteroatoms. The Hall–Kier alpha value is -3.29. The number of benzene rings is 3. The number of ether oxygens (including phenoxy) is 1. The molecule has 0 heterocycles. The van der Waals surface area contributed by atoms with Gasteiger partial charge in [0.2, 0.25) is 15.8 Å². The highest BCUT2D eigenvalue weighted by Crippen LogP contribution is 2.25. The quantitative estimate of drug-likeness (QED) is 0.354. The van der Waals surface area contributed by atoms with E-state index in [9.17, 15) is 18.0 Å². The van der Waals surface area contributed by atoms with E-state index in [4.69, 9.17) is 4.74 Å². The normalized spacial score (nSPS) is 12.3. The van der Waals surface area contributed by atoms with E-state index in [1.54, 1.807) is 68.4 Å². The number of hydrogen-bond donors (Lipinski definition) is 0. The topological polar surface area (TPSA) is 80.8 Å². The van der Waals surface area contributed by atoms with Gasteiger partial charge in [0.25, 0.3) is 0 Å². The van der Waals surface area contributed by atoms with Crippen LogP contribution in [-0.2, 0) is 14.8 Å². The van der Waals surface area contributed by atoms with Crippen molar-refractivity contribution < 1.29 is 22.7 Å². The fourth-order valence-corrected chi connectivity index (χ4v) is 4.76. The molecule has 166 valence electrons. The zero-order chi connectivity index (χ0) is 23.1. The maximum Gasteiger partial charge on any atom is 0.339 e. The van der Waals surface area contributed by atoms with Crippen LogP contribution < -0.4 is 0 Å². The summed E-state index contributed by atoms with van der Waals surface area (Å²) in [6.07, 6.45) is -1.12. The van der Waals surface area contributed by atoms with Gasteiger partial charge in [0.05, 0.1) is 10.5 Å². The minimum atomic E-state index is -3.63. The summed E-state index contributed by atoms with van der Waals surface area (Å²) < 4.78 is 32.2. The van der Waals surface area contributed by atoms with Crippen LogP contribution in [0.25, 0.3) is 0 Å². The van der Waals surface area contributed by atoms with Gasteiger partial charge >= 0.3 is 5.97 Å². The van der Waals surface area contributed by atoms with Gasteiger partial charge in [-0.2, -0.15) is 4.31 Å². The number of hydrogen-bond acceptors (Lipinski definition) is 5. The average molecular weight is 452 g/mol. The van der Waals surface area contributed by atoms with E-state index in [0.29, 0.717) is 24.2 Å². The van der Waals surface area contributed by atoms with Crippen LogP contribution in [-0.4, -0.2) is 37.6 Å². The molecule has 3 aromatic carbocycles. The number of nitrogens with zero attached hydrogens (tertiary/aromatic N) is 1. The fourth-order valence-electron chi connectivity index (χ4n) is 3.31. The van der Waals surface area contributed by atoms with Crippen molar-refractivity contribution in [3.63, 3.8) is 0 Å². The molecule has 6 nitrogen and oxygen atoms in total. The molecule has 32 heavy (non-hydrogen) atoms. The third kappa shape index (κ3) is 5.12. The van der Waals surface area contributed by atoms with E-state index in [2.05, 4.69) is 0 Å². The smallest absolute Gasteiger partial charge is 0.339 e. The average Bonchev–Trinajstić information content (AvgIpc) is 2.83. The van der Waals surface area contributed by atoms with E-state index in [1.807, 2.05) is 6.07 Å². The first-order valence-corrected chi connectivity index (χ1v) is 11.8. The molecule has 0 aliphatic carbocycles. The number of ketones is 1. The molecule has 0 N–H and O–H groups in total. The monoisotopic (exact) mass is 451 g/mol. The highest BCUT2D eigenvalue weighted by molar-refractivity contribution is 7.89. The molecule has 0 unspecified atom stereocenters. The highest BCUT2D eigenvalue weighted by Gasteiger charge is 2.27. The number of carbonyl (C=O) groups is 2. The third-order valence-electron chi connectivity index (χ3n) is 5.06. The van der Waals surface area contributed by atoms with Gasteiger partial charge in [0, 0.05) is 24.2 Å². The lowest BCUT2D eigenvalue weighted by Crippen LogP contribution is -2.30. The van der Waals surface area contributed by atoms with Gasteiger partial charge in [-0.15, -0.1) is 0 Å². The lowest BCUT2D eigenvalue weighted by atomic mass is 10.00. The molecule has 0 aromatic heterocycles. The molecule has 3 rings (SSSR count). The van der Waals surface area contributed by atoms with E-state index in [1.165, 1.54) is 28.6 Å². The Labute approximate surface area is 188 Å². The molecule has 0 bridgehead atoms. The number of carbonyl (C=O) groups excluding carboxylic acids is 2. The second kappa shape index (κ2) is 10.3. The Kier molecular flexibility index (Phi) is 7.56. The van der Waals surface area contributed by atoms with E-state index < -0.39 is 22.1 Å². The Morgan fingerprint density at radius 2 is 1.31 bits per heavy atom. The molecule has 0 spiro atoms. The standard InChI is InChI=1S/C25H25NO5S/c1-3-26(4-2)32(29,30)22-17-15-21(16-18-22)25(28)31-24(20-13-9-6-10-14-20)23(27)19-11-7-5-8-12-19/h5-18,24H,3-4H2,1-2H3/t24-/m0/s1. The molecule has 1 atom stereocenters. The lowest BCUT2D eigenvalue weighted by molar-refractivity contribution is 0.0280. The molecule has 0 radical (unpaired) electrons. The zero-order valence-electron chi connectivity index (χ0n) is 18.0. The van der Waals surface area contributed by atoms with Gasteiger partial charge in [-0.1, -0.05) is 74.5 Å². The SMILES string of the molecule is CCN(CC)S(=O)(=O)c1ccc(C(=O)O[C@H](C(=O)c2ccccc2)c2ccccc2)cc1. The predicted octanol–water partition coefficient (Wildman–Crippen LogP) is 4.50. The van der Waals surface area contributed by atoms with E-state index in [0.717, 1.165) is 0 Å². The number of sulfonamides is 1. The van der Waals surface area contributed by atoms with Crippen LogP contribution in [0.3, 0.4) is 0 Å². The number of esters is 1. The molecular weight excluding hydrogens is 426 g/mol. The van der Waals surface area contributed by atoms with Crippen molar-refractivity contribution in [2.75, 3.05) is 13.1 Å². The van der Waals surface area contributed by atoms with Crippen LogP contribution >= 0.6 is 0 Å². The molecule has 0 aliphatic rings. The molecule has 0 saturated carbocycles. The Bertz CT molecular complexity index is 1160. The number of Topliss-reactive ketones (excluding diaryl/α,β-unsaturated/α-hetero) is 1. The lowest BCUT2D eigenvalue weighted by Gasteiger charge is -2.19. The van der Waals surface area contributed by atoms with Gasteiger partial charge < -0.3 is 4.74 Å². The van der Waals surface area contributed by atoms with Gasteiger partial charge in [-0.3, -0.25) is 4.79 Å². The van der Waals surface area contributed by atoms with Crippen LogP contribution in [0.5, 0.6) is 0 Å². The van der Waals surface area contributed by atoms with Crippen molar-refractivity contribution >= 4 is 21.8 Å². The number of rotatable bonds is 9. The first kappa shape index (κ1) is 23.4. The Morgan fingerprint density at radius 3 is 1.84 bits per heavy atom. The van der Waals surface area contributed by atoms with E-state index in [-0.39, 0.29) is 16.2 Å². The minimum absolute atomic E-state index is 0.0951. The van der Waals surface area contributed by atoms with Crippen LogP contribution in [0, 0.1) is 0 Å². The largest absolute Gasteiger partial charge is 0.445 e. The Morgan fingerprint density at radius 1 is 0.781 bits per heavy atom. The van der Waals surface area contributed by atoms with Crippen LogP contribution in [0.1, 0.15) is 46.2 Å². The zero-order valence-corrected chi connectivity index (χ0v) is 18.8. The minimum Gasteiger partial charge on any atom is -0.445 e. The molecule has 0 aliphatic heterocycles. The van der Waals surface area contributed by atoms with E-state index >= 15 is 0 Å². The van der Waals surface area contributed by atoms with Crippen molar-refractivity contribution in [3.8, 4) is 0 Å². The third-order valence-corrected chi connectivity index (χ3v) is 7.12. The fraction of sp³-hybridized carbons (Fsp3) is 0.200. The maximum absolute atomic E-state index is 13.1. The summed E-state index contributed by atoms with van der Waals surface area (Å²) in [7, 11) is -3.63. The first-order chi connectivity index (χ1) is 15.4. The molecule has 0 fully saturated rings. The van der Waals surface area contributed by atoms with Crippen molar-refractivity contribution in [1.82, 2.24) is 4.31 Å². The van der Waals surface area contributed by atoms with Crippen LogP contribution in [0.2, 0.25) is 0 Å². The molecule has 0 amide bonds. The first-order valence-electron chi connectivity index (χ1n) is 10.3. The van der Waals surface area contributed by atoms with Crippen molar-refractivity contribution in [3.05, 3.63) is 102 Å². The summed E-state index contributed by atoms with van der Waals surface area (Å²) in [5, 5.41) is 0. The summed E-state index contributed by atoms with van der Waals surface area (Å²) in [4.78, 5) is 26.0. The van der Waals surface area contributed by atoms with Crippen molar-refractivity contribution in [1.29, 1.82) is 0 Å². The van der Waals surface area contributed by atoms with Gasteiger partial charge in [-0.25, -0.2) is 13.2 Å². The molecule has 0 saturated heterocycles. The summed E-state index contributed by atoms with van der Waals surface area (Å²) in [6.45, 7) is 4.23. The summed E-state index contributed by atoms with van der Waals surface area (Å²) in [5.74, 6) is -1.05. The van der Waals surface area contributed by atoms with Crippen LogP contribution in [0.4, 0.5) is 0 Å². The van der Waals surface area contributed by atoms with Crippen molar-refractivity contribution in [2.24, 2.45) is 0 Å². The highest BCUT2D eigenvalue weighted by atomic mass is 32.2. The van der Waals surface area contributed by atoms with Gasteiger partial charge in [0.1, 0.15) is 0 Å². The summed E-state index contributed by atoms with van der Waals surface area (Å²) >= 11 is 0. The van der Waals surface area contributed by atoms with Gasteiger partial charge in [0.15, 0.2) is 6.10 Å². The Balaban J connectivity index is 1.86. The van der Waals surface area contributed by atoms with Gasteiger partial charge in [-0.05, 0) is 24.3 Å². The van der Waals surface area contributed by atoms with Crippen LogP contribution in [0.15, 0.2) is 89.8 Å². The molecule has 3 aromatic rings. The second-order valence-corrected chi connectivity index (χ2v) is 8.98. The predicted molar refractivity (Wildman–Crippen MR) is 122 cm³/mol.